The van der Waals surface area contributed by atoms with Crippen molar-refractivity contribution in [2.75, 3.05) is 31.1 Å². The zero-order valence-corrected chi connectivity index (χ0v) is 23.9. The monoisotopic (exact) mass is 572 g/mol. The molecule has 1 saturated heterocycles. The Balaban J connectivity index is 1.60. The molecular weight excluding hydrogens is 536 g/mol. The van der Waals surface area contributed by atoms with Gasteiger partial charge in [-0.3, -0.25) is 19.3 Å². The maximum Gasteiger partial charge on any atom is 0.321 e. The number of hydrogen-bond acceptors (Lipinski definition) is 6. The number of carbonyl (C=O) groups is 4. The van der Waals surface area contributed by atoms with Gasteiger partial charge in [0.05, 0.1) is 11.3 Å². The minimum Gasteiger partial charge on any atom is -0.353 e. The molecule has 2 aromatic carbocycles. The van der Waals surface area contributed by atoms with E-state index in [0.717, 1.165) is 5.56 Å². The third kappa shape index (κ3) is 8.78. The number of hydrogen-bond donors (Lipinski definition) is 5. The Bertz CT molecular complexity index is 1350. The van der Waals surface area contributed by atoms with E-state index in [1.165, 1.54) is 17.0 Å². The van der Waals surface area contributed by atoms with Gasteiger partial charge < -0.3 is 21.3 Å². The number of nitrogens with zero attached hydrogens (tertiary/aromatic N) is 1. The molecule has 12 nitrogen and oxygen atoms in total. The van der Waals surface area contributed by atoms with Crippen LogP contribution in [0.3, 0.4) is 0 Å². The summed E-state index contributed by atoms with van der Waals surface area (Å²) < 4.78 is 28.2. The number of anilines is 1. The van der Waals surface area contributed by atoms with Gasteiger partial charge in [-0.25, -0.2) is 13.2 Å². The zero-order valence-electron chi connectivity index (χ0n) is 23.0. The molecular formula is C27H36N6O6S. The Morgan fingerprint density at radius 2 is 1.70 bits per heavy atom. The van der Waals surface area contributed by atoms with Crippen molar-refractivity contribution in [3.8, 4) is 0 Å². The number of urea groups is 1. The van der Waals surface area contributed by atoms with E-state index in [1.54, 1.807) is 57.2 Å². The van der Waals surface area contributed by atoms with Crippen LogP contribution < -0.4 is 30.9 Å². The molecule has 1 aliphatic rings. The quantitative estimate of drug-likeness (QED) is 0.252. The lowest BCUT2D eigenvalue weighted by Gasteiger charge is -2.23. The van der Waals surface area contributed by atoms with Crippen LogP contribution >= 0.6 is 0 Å². The Hall–Kier alpha value is -3.97. The van der Waals surface area contributed by atoms with Gasteiger partial charge in [-0.2, -0.15) is 4.72 Å². The molecule has 5 N–H and O–H groups in total. The van der Waals surface area contributed by atoms with Crippen molar-refractivity contribution in [1.82, 2.24) is 26.0 Å². The minimum atomic E-state index is -4.10. The average Bonchev–Trinajstić information content (AvgIpc) is 3.31. The van der Waals surface area contributed by atoms with Gasteiger partial charge in [-0.1, -0.05) is 23.8 Å². The fraction of sp³-hybridized carbons (Fsp3) is 0.407. The predicted octanol–water partition coefficient (Wildman–Crippen LogP) is 1.02. The molecule has 0 aromatic heterocycles. The molecule has 3 rings (SSSR count). The van der Waals surface area contributed by atoms with Gasteiger partial charge in [-0.05, 0) is 58.0 Å². The van der Waals surface area contributed by atoms with Crippen LogP contribution in [-0.2, 0) is 19.6 Å². The molecule has 5 amide bonds. The van der Waals surface area contributed by atoms with Crippen LogP contribution in [0.2, 0.25) is 0 Å². The topological polar surface area (TPSA) is 166 Å². The third-order valence-corrected chi connectivity index (χ3v) is 7.32. The Labute approximate surface area is 234 Å². The van der Waals surface area contributed by atoms with Gasteiger partial charge in [0, 0.05) is 43.0 Å². The number of amides is 5. The summed E-state index contributed by atoms with van der Waals surface area (Å²) in [5.74, 6) is -1.62. The summed E-state index contributed by atoms with van der Waals surface area (Å²) in [6.07, 6.45) is -0.419. The van der Waals surface area contributed by atoms with E-state index >= 15 is 0 Å². The molecule has 216 valence electrons. The number of benzene rings is 2. The van der Waals surface area contributed by atoms with Gasteiger partial charge in [-0.15, -0.1) is 0 Å². The highest BCUT2D eigenvalue weighted by atomic mass is 32.2. The van der Waals surface area contributed by atoms with Crippen LogP contribution in [0.15, 0.2) is 53.4 Å². The number of sulfonamides is 1. The molecule has 1 heterocycles. The van der Waals surface area contributed by atoms with Crippen molar-refractivity contribution < 1.29 is 27.6 Å². The predicted molar refractivity (Wildman–Crippen MR) is 150 cm³/mol. The summed E-state index contributed by atoms with van der Waals surface area (Å²) in [7, 11) is -4.10. The van der Waals surface area contributed by atoms with Gasteiger partial charge in [0.2, 0.25) is 21.8 Å². The Morgan fingerprint density at radius 3 is 2.33 bits per heavy atom. The van der Waals surface area contributed by atoms with Crippen molar-refractivity contribution in [2.45, 2.75) is 50.6 Å². The summed E-state index contributed by atoms with van der Waals surface area (Å²) in [6, 6.07) is 11.1. The van der Waals surface area contributed by atoms with E-state index in [4.69, 9.17) is 0 Å². The summed E-state index contributed by atoms with van der Waals surface area (Å²) in [4.78, 5) is 51.6. The standard InChI is InChI=1S/C27H36N6O6S/c1-18-8-10-21(11-9-18)40(38,39)32-22(17-23(34)31-27(2,3)4)25(36)29-13-12-28-24(35)19-6-5-7-20(16-19)33-15-14-30-26(33)37/h5-11,16,22,32H,12-15,17H2,1-4H3,(H,28,35)(H,29,36)(H,30,37)(H,31,34)/t22-/m0/s1. The summed E-state index contributed by atoms with van der Waals surface area (Å²) >= 11 is 0. The molecule has 40 heavy (non-hydrogen) atoms. The third-order valence-electron chi connectivity index (χ3n) is 5.84. The normalized spacial score (nSPS) is 14.3. The molecule has 0 bridgehead atoms. The number of carbonyl (C=O) groups excluding carboxylic acids is 4. The molecule has 0 aliphatic carbocycles. The second-order valence-electron chi connectivity index (χ2n) is 10.5. The van der Waals surface area contributed by atoms with Gasteiger partial charge in [0.1, 0.15) is 6.04 Å². The molecule has 1 aliphatic heterocycles. The van der Waals surface area contributed by atoms with Gasteiger partial charge >= 0.3 is 6.03 Å². The molecule has 0 spiro atoms. The molecule has 0 radical (unpaired) electrons. The van der Waals surface area contributed by atoms with E-state index in [9.17, 15) is 27.6 Å². The number of aryl methyl sites for hydroxylation is 1. The second-order valence-corrected chi connectivity index (χ2v) is 12.2. The minimum absolute atomic E-state index is 0.0115. The summed E-state index contributed by atoms with van der Waals surface area (Å²) in [5, 5.41) is 10.7. The smallest absolute Gasteiger partial charge is 0.321 e. The second kappa shape index (κ2) is 12.9. The van der Waals surface area contributed by atoms with E-state index in [0.29, 0.717) is 24.3 Å². The SMILES string of the molecule is Cc1ccc(S(=O)(=O)N[C@@H](CC(=O)NC(C)(C)C)C(=O)NCCNC(=O)c2cccc(N3CCNC3=O)c2)cc1. The van der Waals surface area contributed by atoms with Crippen LogP contribution in [0.1, 0.15) is 43.1 Å². The lowest BCUT2D eigenvalue weighted by atomic mass is 10.1. The molecule has 1 fully saturated rings. The Morgan fingerprint density at radius 1 is 1.02 bits per heavy atom. The first-order valence-electron chi connectivity index (χ1n) is 12.9. The fourth-order valence-corrected chi connectivity index (χ4v) is 5.13. The summed E-state index contributed by atoms with van der Waals surface area (Å²) in [5.41, 5.74) is 1.22. The maximum absolute atomic E-state index is 13.0. The van der Waals surface area contributed by atoms with Crippen LogP contribution in [0.25, 0.3) is 0 Å². The zero-order chi connectivity index (χ0) is 29.5. The van der Waals surface area contributed by atoms with Gasteiger partial charge in [0.15, 0.2) is 0 Å². The molecule has 0 unspecified atom stereocenters. The van der Waals surface area contributed by atoms with Crippen LogP contribution in [0.4, 0.5) is 10.5 Å². The first-order valence-corrected chi connectivity index (χ1v) is 14.3. The molecule has 0 saturated carbocycles. The lowest BCUT2D eigenvalue weighted by molar-refractivity contribution is -0.128. The first-order chi connectivity index (χ1) is 18.7. The van der Waals surface area contributed by atoms with E-state index in [-0.39, 0.29) is 24.0 Å². The number of rotatable bonds is 11. The van der Waals surface area contributed by atoms with Crippen molar-refractivity contribution in [1.29, 1.82) is 0 Å². The van der Waals surface area contributed by atoms with Crippen molar-refractivity contribution in [2.24, 2.45) is 0 Å². The van der Waals surface area contributed by atoms with Crippen LogP contribution in [0.5, 0.6) is 0 Å². The van der Waals surface area contributed by atoms with E-state index < -0.39 is 45.7 Å². The highest BCUT2D eigenvalue weighted by Crippen LogP contribution is 2.18. The first kappa shape index (κ1) is 30.6. The highest BCUT2D eigenvalue weighted by molar-refractivity contribution is 7.89. The van der Waals surface area contributed by atoms with Crippen molar-refractivity contribution in [3.63, 3.8) is 0 Å². The molecule has 13 heteroatoms. The van der Waals surface area contributed by atoms with E-state index in [1.807, 2.05) is 6.92 Å². The average molecular weight is 573 g/mol. The molecule has 1 atom stereocenters. The highest BCUT2D eigenvalue weighted by Gasteiger charge is 2.29. The molecule has 2 aromatic rings. The van der Waals surface area contributed by atoms with Crippen molar-refractivity contribution in [3.05, 3.63) is 59.7 Å². The maximum atomic E-state index is 13.0. The number of nitrogens with one attached hydrogen (secondary N) is 5. The van der Waals surface area contributed by atoms with Crippen molar-refractivity contribution >= 4 is 39.5 Å². The Kier molecular flexibility index (Phi) is 9.88. The van der Waals surface area contributed by atoms with E-state index in [2.05, 4.69) is 26.0 Å². The van der Waals surface area contributed by atoms with Crippen LogP contribution in [0, 0.1) is 6.92 Å². The fourth-order valence-electron chi connectivity index (χ4n) is 3.94. The van der Waals surface area contributed by atoms with Gasteiger partial charge in [0.25, 0.3) is 5.91 Å². The lowest BCUT2D eigenvalue weighted by Crippen LogP contribution is -2.51. The summed E-state index contributed by atoms with van der Waals surface area (Å²) in [6.45, 7) is 8.19. The largest absolute Gasteiger partial charge is 0.353 e. The van der Waals surface area contributed by atoms with Crippen LogP contribution in [-0.4, -0.2) is 69.9 Å².